The average Bonchev–Trinajstić information content (AvgIpc) is 2.79. The van der Waals surface area contributed by atoms with Gasteiger partial charge >= 0.3 is 0 Å². The van der Waals surface area contributed by atoms with Crippen LogP contribution >= 0.6 is 15.9 Å². The highest BCUT2D eigenvalue weighted by atomic mass is 79.9. The quantitative estimate of drug-likeness (QED) is 0.921. The average molecular weight is 303 g/mol. The highest BCUT2D eigenvalue weighted by Crippen LogP contribution is 2.30. The second kappa shape index (κ2) is 5.94. The van der Waals surface area contributed by atoms with Crippen molar-refractivity contribution in [1.29, 1.82) is 0 Å². The van der Waals surface area contributed by atoms with Crippen molar-refractivity contribution in [1.82, 2.24) is 0 Å². The van der Waals surface area contributed by atoms with Crippen LogP contribution in [0.4, 0.5) is 4.39 Å². The van der Waals surface area contributed by atoms with E-state index in [0.29, 0.717) is 16.5 Å². The molecule has 2 unspecified atom stereocenters. The fourth-order valence-corrected chi connectivity index (χ4v) is 2.80. The van der Waals surface area contributed by atoms with Gasteiger partial charge in [-0.05, 0) is 37.8 Å². The van der Waals surface area contributed by atoms with Crippen LogP contribution in [-0.4, -0.2) is 17.8 Å². The Balaban J connectivity index is 1.96. The van der Waals surface area contributed by atoms with E-state index < -0.39 is 6.10 Å². The molecular formula is C13H16BrFO2. The van der Waals surface area contributed by atoms with Gasteiger partial charge in [-0.1, -0.05) is 22.0 Å². The molecule has 0 saturated carbocycles. The molecule has 1 aromatic carbocycles. The Kier molecular flexibility index (Phi) is 4.54. The number of rotatable bonds is 4. The summed E-state index contributed by atoms with van der Waals surface area (Å²) in [4.78, 5) is 0. The molecule has 4 heteroatoms. The summed E-state index contributed by atoms with van der Waals surface area (Å²) >= 11 is 3.27. The molecule has 1 N–H and O–H groups in total. The number of aliphatic hydroxyl groups is 1. The molecule has 1 aromatic rings. The molecule has 2 nitrogen and oxygen atoms in total. The summed E-state index contributed by atoms with van der Waals surface area (Å²) in [5, 5.41) is 10.0. The molecule has 0 radical (unpaired) electrons. The molecule has 1 aliphatic rings. The molecule has 2 rings (SSSR count). The lowest BCUT2D eigenvalue weighted by atomic mass is 10.0. The van der Waals surface area contributed by atoms with E-state index in [9.17, 15) is 9.50 Å². The van der Waals surface area contributed by atoms with Gasteiger partial charge in [-0.2, -0.15) is 0 Å². The first-order valence-corrected chi connectivity index (χ1v) is 6.71. The van der Waals surface area contributed by atoms with Gasteiger partial charge in [-0.3, -0.25) is 0 Å². The molecule has 94 valence electrons. The summed E-state index contributed by atoms with van der Waals surface area (Å²) in [6, 6.07) is 4.73. The number of benzene rings is 1. The molecule has 17 heavy (non-hydrogen) atoms. The van der Waals surface area contributed by atoms with E-state index in [0.717, 1.165) is 25.9 Å². The van der Waals surface area contributed by atoms with E-state index in [2.05, 4.69) is 15.9 Å². The van der Waals surface area contributed by atoms with Crippen LogP contribution in [-0.2, 0) is 4.74 Å². The lowest BCUT2D eigenvalue weighted by Gasteiger charge is -2.16. The number of halogens is 2. The Morgan fingerprint density at radius 3 is 3.00 bits per heavy atom. The van der Waals surface area contributed by atoms with Gasteiger partial charge < -0.3 is 9.84 Å². The zero-order valence-corrected chi connectivity index (χ0v) is 11.1. The normalized spacial score (nSPS) is 21.7. The van der Waals surface area contributed by atoms with Gasteiger partial charge in [-0.25, -0.2) is 4.39 Å². The number of aliphatic hydroxyl groups excluding tert-OH is 1. The van der Waals surface area contributed by atoms with Gasteiger partial charge in [0.2, 0.25) is 0 Å². The highest BCUT2D eigenvalue weighted by Gasteiger charge is 2.20. The van der Waals surface area contributed by atoms with Gasteiger partial charge in [0.25, 0.3) is 0 Å². The Hall–Kier alpha value is -0.450. The monoisotopic (exact) mass is 302 g/mol. The highest BCUT2D eigenvalue weighted by molar-refractivity contribution is 9.10. The van der Waals surface area contributed by atoms with Crippen molar-refractivity contribution in [2.75, 3.05) is 6.61 Å². The maximum atomic E-state index is 13.6. The molecule has 0 aliphatic carbocycles. The van der Waals surface area contributed by atoms with Gasteiger partial charge in [0, 0.05) is 16.6 Å². The fraction of sp³-hybridized carbons (Fsp3) is 0.538. The standard InChI is InChI=1S/C13H16BrFO2/c14-10-4-1-5-11(15)13(10)12(16)7-6-9-3-2-8-17-9/h1,4-5,9,12,16H,2-3,6-8H2. The Labute approximate surface area is 109 Å². The summed E-state index contributed by atoms with van der Waals surface area (Å²) < 4.78 is 19.7. The smallest absolute Gasteiger partial charge is 0.130 e. The van der Waals surface area contributed by atoms with Crippen molar-refractivity contribution in [2.45, 2.75) is 37.9 Å². The van der Waals surface area contributed by atoms with Gasteiger partial charge in [-0.15, -0.1) is 0 Å². The predicted octanol–water partition coefficient (Wildman–Crippen LogP) is 3.58. The first kappa shape index (κ1) is 13.0. The first-order chi connectivity index (χ1) is 8.18. The number of ether oxygens (including phenoxy) is 1. The van der Waals surface area contributed by atoms with E-state index in [-0.39, 0.29) is 11.9 Å². The SMILES string of the molecule is OC(CCC1CCCO1)c1c(F)cccc1Br. The number of hydrogen-bond donors (Lipinski definition) is 1. The lowest BCUT2D eigenvalue weighted by molar-refractivity contribution is 0.0801. The minimum atomic E-state index is -0.769. The third-order valence-electron chi connectivity index (χ3n) is 3.12. The fourth-order valence-electron chi connectivity index (χ4n) is 2.19. The molecule has 0 bridgehead atoms. The zero-order chi connectivity index (χ0) is 12.3. The Morgan fingerprint density at radius 1 is 1.53 bits per heavy atom. The first-order valence-electron chi connectivity index (χ1n) is 5.92. The minimum Gasteiger partial charge on any atom is -0.388 e. The van der Waals surface area contributed by atoms with Crippen LogP contribution in [0.1, 0.15) is 37.4 Å². The van der Waals surface area contributed by atoms with Crippen LogP contribution in [0, 0.1) is 5.82 Å². The van der Waals surface area contributed by atoms with Gasteiger partial charge in [0.15, 0.2) is 0 Å². The Bertz CT molecular complexity index is 357. The second-order valence-corrected chi connectivity index (χ2v) is 5.22. The summed E-state index contributed by atoms with van der Waals surface area (Å²) in [5.41, 5.74) is 0.352. The van der Waals surface area contributed by atoms with Crippen LogP contribution in [0.25, 0.3) is 0 Å². The molecular weight excluding hydrogens is 287 g/mol. The predicted molar refractivity (Wildman–Crippen MR) is 67.3 cm³/mol. The maximum absolute atomic E-state index is 13.6. The third kappa shape index (κ3) is 3.27. The summed E-state index contributed by atoms with van der Waals surface area (Å²) in [7, 11) is 0. The van der Waals surface area contributed by atoms with E-state index >= 15 is 0 Å². The summed E-state index contributed by atoms with van der Waals surface area (Å²) in [6.45, 7) is 0.810. The maximum Gasteiger partial charge on any atom is 0.130 e. The van der Waals surface area contributed by atoms with Crippen LogP contribution in [0.5, 0.6) is 0 Å². The Morgan fingerprint density at radius 2 is 2.35 bits per heavy atom. The van der Waals surface area contributed by atoms with E-state index in [4.69, 9.17) is 4.74 Å². The number of hydrogen-bond acceptors (Lipinski definition) is 2. The van der Waals surface area contributed by atoms with Crippen molar-refractivity contribution in [3.63, 3.8) is 0 Å². The van der Waals surface area contributed by atoms with Crippen molar-refractivity contribution in [3.8, 4) is 0 Å². The largest absolute Gasteiger partial charge is 0.388 e. The molecule has 0 amide bonds. The summed E-state index contributed by atoms with van der Waals surface area (Å²) in [6.07, 6.45) is 2.91. The van der Waals surface area contributed by atoms with E-state index in [1.165, 1.54) is 6.07 Å². The van der Waals surface area contributed by atoms with Crippen molar-refractivity contribution < 1.29 is 14.2 Å². The van der Waals surface area contributed by atoms with E-state index in [1.807, 2.05) is 0 Å². The molecule has 1 saturated heterocycles. The van der Waals surface area contributed by atoms with Crippen molar-refractivity contribution in [3.05, 3.63) is 34.1 Å². The molecule has 1 heterocycles. The van der Waals surface area contributed by atoms with Gasteiger partial charge in [0.1, 0.15) is 5.82 Å². The van der Waals surface area contributed by atoms with Gasteiger partial charge in [0.05, 0.1) is 12.2 Å². The molecule has 1 fully saturated rings. The van der Waals surface area contributed by atoms with Crippen molar-refractivity contribution in [2.24, 2.45) is 0 Å². The molecule has 1 aliphatic heterocycles. The topological polar surface area (TPSA) is 29.5 Å². The molecule has 2 atom stereocenters. The lowest BCUT2D eigenvalue weighted by Crippen LogP contribution is -2.09. The third-order valence-corrected chi connectivity index (χ3v) is 3.81. The second-order valence-electron chi connectivity index (χ2n) is 4.36. The zero-order valence-electron chi connectivity index (χ0n) is 9.53. The van der Waals surface area contributed by atoms with Crippen LogP contribution in [0.3, 0.4) is 0 Å². The van der Waals surface area contributed by atoms with Crippen LogP contribution < -0.4 is 0 Å². The minimum absolute atomic E-state index is 0.232. The summed E-state index contributed by atoms with van der Waals surface area (Å²) in [5.74, 6) is -0.362. The van der Waals surface area contributed by atoms with Crippen LogP contribution in [0.15, 0.2) is 22.7 Å². The molecule has 0 aromatic heterocycles. The molecule has 0 spiro atoms. The van der Waals surface area contributed by atoms with Crippen molar-refractivity contribution >= 4 is 15.9 Å². The van der Waals surface area contributed by atoms with Crippen LogP contribution in [0.2, 0.25) is 0 Å². The van der Waals surface area contributed by atoms with E-state index in [1.54, 1.807) is 12.1 Å².